The molecule has 0 aliphatic carbocycles. The van der Waals surface area contributed by atoms with E-state index in [9.17, 15) is 13.6 Å². The Morgan fingerprint density at radius 2 is 1.78 bits per heavy atom. The molecule has 0 atom stereocenters. The van der Waals surface area contributed by atoms with Crippen LogP contribution in [0.2, 0.25) is 0 Å². The van der Waals surface area contributed by atoms with Crippen LogP contribution in [0, 0.1) is 25.5 Å². The van der Waals surface area contributed by atoms with Crippen molar-refractivity contribution in [3.63, 3.8) is 0 Å². The van der Waals surface area contributed by atoms with Crippen molar-refractivity contribution < 1.29 is 18.0 Å². The van der Waals surface area contributed by atoms with Crippen LogP contribution in [-0.2, 0) is 17.8 Å². The van der Waals surface area contributed by atoms with Gasteiger partial charge in [0.25, 0.3) is 0 Å². The van der Waals surface area contributed by atoms with Crippen LogP contribution in [0.25, 0.3) is 17.0 Å². The van der Waals surface area contributed by atoms with Gasteiger partial charge in [0, 0.05) is 30.6 Å². The van der Waals surface area contributed by atoms with Crippen molar-refractivity contribution >= 4 is 5.91 Å². The van der Waals surface area contributed by atoms with Gasteiger partial charge in [0.1, 0.15) is 11.6 Å². The first-order chi connectivity index (χ1) is 15.4. The summed E-state index contributed by atoms with van der Waals surface area (Å²) in [6.07, 6.45) is 1.60. The molecule has 0 aliphatic heterocycles. The number of aromatic nitrogens is 3. The molecule has 0 saturated heterocycles. The lowest BCUT2D eigenvalue weighted by Crippen LogP contribution is -2.23. The lowest BCUT2D eigenvalue weighted by atomic mass is 10.1. The van der Waals surface area contributed by atoms with Gasteiger partial charge in [0.05, 0.1) is 23.1 Å². The van der Waals surface area contributed by atoms with E-state index in [-0.39, 0.29) is 36.0 Å². The highest BCUT2D eigenvalue weighted by atomic mass is 19.1. The number of carbonyl (C=O) groups excluding carboxylic acids is 1. The van der Waals surface area contributed by atoms with Crippen molar-refractivity contribution in [3.05, 3.63) is 89.2 Å². The van der Waals surface area contributed by atoms with Crippen LogP contribution in [0.3, 0.4) is 0 Å². The Labute approximate surface area is 183 Å². The van der Waals surface area contributed by atoms with E-state index in [1.54, 1.807) is 0 Å². The fraction of sp³-hybridized carbons (Fsp3) is 0.208. The number of carbonyl (C=O) groups is 1. The van der Waals surface area contributed by atoms with Gasteiger partial charge in [-0.3, -0.25) is 4.79 Å². The maximum Gasteiger partial charge on any atom is 0.220 e. The molecule has 8 heteroatoms. The second-order valence-electron chi connectivity index (χ2n) is 7.39. The molecular weight excluding hydrogens is 414 g/mol. The maximum absolute atomic E-state index is 13.9. The molecule has 4 rings (SSSR count). The molecule has 2 aromatic carbocycles. The minimum atomic E-state index is -0.729. The van der Waals surface area contributed by atoms with Crippen LogP contribution in [0.15, 0.2) is 59.1 Å². The van der Waals surface area contributed by atoms with E-state index >= 15 is 0 Å². The van der Waals surface area contributed by atoms with Gasteiger partial charge in [-0.05, 0) is 38.1 Å². The van der Waals surface area contributed by atoms with Gasteiger partial charge in [-0.2, -0.15) is 5.10 Å². The number of rotatable bonds is 7. The standard InChI is InChI=1S/C24H22F2N4O2/c1-15-18(16(2)30(29-15)17-7-4-3-5-8-17)13-27-22(31)11-12-23-28-14-21(32-23)24-19(25)9-6-10-20(24)26/h3-10,14H,11-13H2,1-2H3,(H,27,31). The van der Waals surface area contributed by atoms with E-state index in [2.05, 4.69) is 15.4 Å². The van der Waals surface area contributed by atoms with E-state index in [1.807, 2.05) is 48.9 Å². The molecule has 0 spiro atoms. The Hall–Kier alpha value is -3.81. The Balaban J connectivity index is 1.36. The summed E-state index contributed by atoms with van der Waals surface area (Å²) in [5, 5.41) is 7.47. The summed E-state index contributed by atoms with van der Waals surface area (Å²) in [4.78, 5) is 16.4. The molecule has 2 aromatic heterocycles. The molecular formula is C24H22F2N4O2. The zero-order valence-electron chi connectivity index (χ0n) is 17.7. The van der Waals surface area contributed by atoms with Gasteiger partial charge in [0.2, 0.25) is 5.91 Å². The zero-order chi connectivity index (χ0) is 22.7. The number of nitrogens with one attached hydrogen (secondary N) is 1. The molecule has 0 bridgehead atoms. The van der Waals surface area contributed by atoms with Crippen molar-refractivity contribution in [2.75, 3.05) is 0 Å². The number of hydrogen-bond acceptors (Lipinski definition) is 4. The van der Waals surface area contributed by atoms with Gasteiger partial charge >= 0.3 is 0 Å². The fourth-order valence-electron chi connectivity index (χ4n) is 3.52. The molecule has 0 fully saturated rings. The Morgan fingerprint density at radius 3 is 2.50 bits per heavy atom. The number of amides is 1. The number of nitrogens with zero attached hydrogens (tertiary/aromatic N) is 3. The van der Waals surface area contributed by atoms with Gasteiger partial charge in [-0.1, -0.05) is 24.3 Å². The second kappa shape index (κ2) is 9.13. The molecule has 1 amide bonds. The van der Waals surface area contributed by atoms with Crippen LogP contribution in [0.5, 0.6) is 0 Å². The smallest absolute Gasteiger partial charge is 0.220 e. The minimum Gasteiger partial charge on any atom is -0.441 e. The van der Waals surface area contributed by atoms with E-state index in [0.717, 1.165) is 34.8 Å². The molecule has 0 saturated carbocycles. The van der Waals surface area contributed by atoms with Crippen molar-refractivity contribution in [2.45, 2.75) is 33.2 Å². The first kappa shape index (κ1) is 21.4. The summed E-state index contributed by atoms with van der Waals surface area (Å²) in [5.74, 6) is -1.41. The molecule has 6 nitrogen and oxygen atoms in total. The molecule has 4 aromatic rings. The molecule has 164 valence electrons. The molecule has 32 heavy (non-hydrogen) atoms. The largest absolute Gasteiger partial charge is 0.441 e. The quantitative estimate of drug-likeness (QED) is 0.457. The highest BCUT2D eigenvalue weighted by molar-refractivity contribution is 5.76. The Kier molecular flexibility index (Phi) is 6.11. The van der Waals surface area contributed by atoms with E-state index < -0.39 is 11.6 Å². The van der Waals surface area contributed by atoms with E-state index in [1.165, 1.54) is 12.3 Å². The van der Waals surface area contributed by atoms with Crippen molar-refractivity contribution in [1.82, 2.24) is 20.1 Å². The number of aryl methyl sites for hydroxylation is 2. The van der Waals surface area contributed by atoms with Crippen LogP contribution in [0.1, 0.15) is 29.3 Å². The van der Waals surface area contributed by atoms with Crippen molar-refractivity contribution in [3.8, 4) is 17.0 Å². The van der Waals surface area contributed by atoms with Crippen LogP contribution >= 0.6 is 0 Å². The molecule has 0 aliphatic rings. The summed E-state index contributed by atoms with van der Waals surface area (Å²) < 4.78 is 35.1. The van der Waals surface area contributed by atoms with Gasteiger partial charge < -0.3 is 9.73 Å². The topological polar surface area (TPSA) is 73.0 Å². The third-order valence-corrected chi connectivity index (χ3v) is 5.23. The number of halogens is 2. The zero-order valence-corrected chi connectivity index (χ0v) is 17.7. The molecule has 2 heterocycles. The normalized spacial score (nSPS) is 11.0. The number of para-hydroxylation sites is 1. The summed E-state index contributed by atoms with van der Waals surface area (Å²) >= 11 is 0. The first-order valence-electron chi connectivity index (χ1n) is 10.2. The summed E-state index contributed by atoms with van der Waals surface area (Å²) in [5.41, 5.74) is 3.44. The summed E-state index contributed by atoms with van der Waals surface area (Å²) in [6, 6.07) is 13.4. The summed E-state index contributed by atoms with van der Waals surface area (Å²) in [7, 11) is 0. The molecule has 0 unspecified atom stereocenters. The van der Waals surface area contributed by atoms with Crippen molar-refractivity contribution in [1.29, 1.82) is 0 Å². The van der Waals surface area contributed by atoms with Gasteiger partial charge in [0.15, 0.2) is 11.7 Å². The van der Waals surface area contributed by atoms with Crippen LogP contribution in [-0.4, -0.2) is 20.7 Å². The number of benzene rings is 2. The summed E-state index contributed by atoms with van der Waals surface area (Å²) in [6.45, 7) is 4.22. The number of oxazole rings is 1. The molecule has 1 N–H and O–H groups in total. The monoisotopic (exact) mass is 436 g/mol. The predicted molar refractivity (Wildman–Crippen MR) is 115 cm³/mol. The maximum atomic E-state index is 13.9. The Morgan fingerprint density at radius 1 is 1.06 bits per heavy atom. The van der Waals surface area contributed by atoms with E-state index in [4.69, 9.17) is 4.42 Å². The van der Waals surface area contributed by atoms with Crippen LogP contribution in [0.4, 0.5) is 8.78 Å². The van der Waals surface area contributed by atoms with E-state index in [0.29, 0.717) is 6.54 Å². The second-order valence-corrected chi connectivity index (χ2v) is 7.39. The lowest BCUT2D eigenvalue weighted by molar-refractivity contribution is -0.121. The van der Waals surface area contributed by atoms with Crippen LogP contribution < -0.4 is 5.32 Å². The highest BCUT2D eigenvalue weighted by Crippen LogP contribution is 2.26. The Bertz CT molecular complexity index is 1230. The SMILES string of the molecule is Cc1nn(-c2ccccc2)c(C)c1CNC(=O)CCc1ncc(-c2c(F)cccc2F)o1. The minimum absolute atomic E-state index is 0.00409. The van der Waals surface area contributed by atoms with Gasteiger partial charge in [-0.25, -0.2) is 18.4 Å². The average molecular weight is 436 g/mol. The third kappa shape index (κ3) is 4.44. The third-order valence-electron chi connectivity index (χ3n) is 5.23. The fourth-order valence-corrected chi connectivity index (χ4v) is 3.52. The molecule has 0 radical (unpaired) electrons. The van der Waals surface area contributed by atoms with Gasteiger partial charge in [-0.15, -0.1) is 0 Å². The first-order valence-corrected chi connectivity index (χ1v) is 10.2. The highest BCUT2D eigenvalue weighted by Gasteiger charge is 2.17. The van der Waals surface area contributed by atoms with Crippen molar-refractivity contribution in [2.24, 2.45) is 0 Å². The average Bonchev–Trinajstić information content (AvgIpc) is 3.35. The number of hydrogen-bond donors (Lipinski definition) is 1. The lowest BCUT2D eigenvalue weighted by Gasteiger charge is -2.07. The predicted octanol–water partition coefficient (Wildman–Crippen LogP) is 4.67.